The highest BCUT2D eigenvalue weighted by atomic mass is 35.5. The summed E-state index contributed by atoms with van der Waals surface area (Å²) >= 11 is 6.13. The smallest absolute Gasteiger partial charge is 0.308 e. The minimum absolute atomic E-state index is 0.131. The molecule has 26 heavy (non-hydrogen) atoms. The van der Waals surface area contributed by atoms with Crippen LogP contribution in [-0.2, 0) is 25.5 Å². The lowest BCUT2D eigenvalue weighted by atomic mass is 10.1. The number of amides is 2. The summed E-state index contributed by atoms with van der Waals surface area (Å²) in [4.78, 5) is 38.4. The summed E-state index contributed by atoms with van der Waals surface area (Å²) < 4.78 is 5.25. The van der Waals surface area contributed by atoms with Gasteiger partial charge in [0.15, 0.2) is 0 Å². The summed E-state index contributed by atoms with van der Waals surface area (Å²) in [5, 5.41) is 3.33. The number of halogens is 1. The molecule has 0 spiro atoms. The largest absolute Gasteiger partial charge is 0.463 e. The average Bonchev–Trinajstić information content (AvgIpc) is 2.62. The van der Waals surface area contributed by atoms with E-state index < -0.39 is 12.0 Å². The molecule has 0 aromatic heterocycles. The molecule has 1 aromatic rings. The average molecular weight is 381 g/mol. The normalized spacial score (nSPS) is 18.2. The number of ether oxygens (including phenoxy) is 1. The van der Waals surface area contributed by atoms with E-state index in [-0.39, 0.29) is 30.8 Å². The molecular formula is C19H25ClN2O4. The molecule has 0 aliphatic carbocycles. The Morgan fingerprint density at radius 3 is 2.81 bits per heavy atom. The van der Waals surface area contributed by atoms with E-state index in [1.807, 2.05) is 25.1 Å². The van der Waals surface area contributed by atoms with E-state index >= 15 is 0 Å². The van der Waals surface area contributed by atoms with Gasteiger partial charge in [0.2, 0.25) is 11.8 Å². The van der Waals surface area contributed by atoms with Crippen molar-refractivity contribution in [2.45, 2.75) is 51.7 Å². The molecule has 1 fully saturated rings. The molecule has 1 aromatic carbocycles. The molecule has 2 amide bonds. The molecule has 2 atom stereocenters. The van der Waals surface area contributed by atoms with Crippen molar-refractivity contribution in [3.05, 3.63) is 34.9 Å². The lowest BCUT2D eigenvalue weighted by Gasteiger charge is -2.34. The number of esters is 1. The molecular weight excluding hydrogens is 356 g/mol. The number of nitrogens with zero attached hydrogens (tertiary/aromatic N) is 1. The molecule has 0 radical (unpaired) electrons. The van der Waals surface area contributed by atoms with Gasteiger partial charge in [-0.15, -0.1) is 0 Å². The van der Waals surface area contributed by atoms with Crippen LogP contribution in [0.15, 0.2) is 24.3 Å². The standard InChI is InChI=1S/C19H25ClN2O4/c1-3-13(2)26-18(24)12-16-19(25)21-10-11-22(16)17(23)9-8-14-6-4-5-7-15(14)20/h4-7,13,16H,3,8-12H2,1-2H3,(H,21,25). The quantitative estimate of drug-likeness (QED) is 0.736. The van der Waals surface area contributed by atoms with E-state index in [1.54, 1.807) is 13.0 Å². The number of hydrogen-bond donors (Lipinski definition) is 1. The summed E-state index contributed by atoms with van der Waals surface area (Å²) in [7, 11) is 0. The van der Waals surface area contributed by atoms with Gasteiger partial charge in [0.25, 0.3) is 0 Å². The van der Waals surface area contributed by atoms with Crippen LogP contribution >= 0.6 is 11.6 Å². The third kappa shape index (κ3) is 5.46. The highest BCUT2D eigenvalue weighted by Gasteiger charge is 2.35. The lowest BCUT2D eigenvalue weighted by Crippen LogP contribution is -2.58. The van der Waals surface area contributed by atoms with Gasteiger partial charge >= 0.3 is 5.97 Å². The van der Waals surface area contributed by atoms with Crippen molar-refractivity contribution in [1.82, 2.24) is 10.2 Å². The fourth-order valence-electron chi connectivity index (χ4n) is 2.82. The van der Waals surface area contributed by atoms with Gasteiger partial charge in [0, 0.05) is 24.5 Å². The van der Waals surface area contributed by atoms with Gasteiger partial charge in [-0.2, -0.15) is 0 Å². The van der Waals surface area contributed by atoms with Gasteiger partial charge in [-0.25, -0.2) is 0 Å². The van der Waals surface area contributed by atoms with Crippen LogP contribution in [0, 0.1) is 0 Å². The first-order valence-corrected chi connectivity index (χ1v) is 9.30. The van der Waals surface area contributed by atoms with Crippen LogP contribution in [0.1, 0.15) is 38.7 Å². The van der Waals surface area contributed by atoms with Crippen LogP contribution in [0.2, 0.25) is 5.02 Å². The van der Waals surface area contributed by atoms with Crippen LogP contribution in [-0.4, -0.2) is 47.9 Å². The maximum Gasteiger partial charge on any atom is 0.308 e. The molecule has 2 rings (SSSR count). The number of rotatable bonds is 7. The van der Waals surface area contributed by atoms with Crippen molar-refractivity contribution < 1.29 is 19.1 Å². The third-order valence-corrected chi connectivity index (χ3v) is 4.85. The zero-order valence-electron chi connectivity index (χ0n) is 15.2. The van der Waals surface area contributed by atoms with E-state index in [9.17, 15) is 14.4 Å². The van der Waals surface area contributed by atoms with E-state index in [4.69, 9.17) is 16.3 Å². The van der Waals surface area contributed by atoms with Crippen LogP contribution in [0.3, 0.4) is 0 Å². The second kappa shape index (κ2) is 9.57. The van der Waals surface area contributed by atoms with Crippen molar-refractivity contribution in [2.24, 2.45) is 0 Å². The molecule has 1 aliphatic heterocycles. The number of piperazine rings is 1. The van der Waals surface area contributed by atoms with E-state index in [2.05, 4.69) is 5.32 Å². The van der Waals surface area contributed by atoms with Gasteiger partial charge < -0.3 is 15.0 Å². The van der Waals surface area contributed by atoms with Gasteiger partial charge in [0.1, 0.15) is 6.04 Å². The predicted octanol–water partition coefficient (Wildman–Crippen LogP) is 2.33. The molecule has 7 heteroatoms. The minimum Gasteiger partial charge on any atom is -0.463 e. The maximum absolute atomic E-state index is 12.6. The highest BCUT2D eigenvalue weighted by Crippen LogP contribution is 2.18. The van der Waals surface area contributed by atoms with Crippen LogP contribution in [0.4, 0.5) is 0 Å². The molecule has 1 heterocycles. The molecule has 0 saturated carbocycles. The highest BCUT2D eigenvalue weighted by molar-refractivity contribution is 6.31. The summed E-state index contributed by atoms with van der Waals surface area (Å²) in [5.74, 6) is -0.949. The van der Waals surface area contributed by atoms with Crippen molar-refractivity contribution in [2.75, 3.05) is 13.1 Å². The lowest BCUT2D eigenvalue weighted by molar-refractivity contribution is -0.154. The summed E-state index contributed by atoms with van der Waals surface area (Å²) in [6.07, 6.45) is 1.07. The van der Waals surface area contributed by atoms with Crippen molar-refractivity contribution >= 4 is 29.4 Å². The third-order valence-electron chi connectivity index (χ3n) is 4.48. The Hall–Kier alpha value is -2.08. The molecule has 142 valence electrons. The SMILES string of the molecule is CCC(C)OC(=O)CC1C(=O)NCCN1C(=O)CCc1ccccc1Cl. The predicted molar refractivity (Wildman–Crippen MR) is 98.7 cm³/mol. The number of nitrogens with one attached hydrogen (secondary N) is 1. The maximum atomic E-state index is 12.6. The van der Waals surface area contributed by atoms with Gasteiger partial charge in [-0.1, -0.05) is 36.7 Å². The monoisotopic (exact) mass is 380 g/mol. The van der Waals surface area contributed by atoms with E-state index in [1.165, 1.54) is 4.90 Å². The number of hydrogen-bond acceptors (Lipinski definition) is 4. The second-order valence-corrected chi connectivity index (χ2v) is 6.81. The summed E-state index contributed by atoms with van der Waals surface area (Å²) in [6, 6.07) is 6.54. The molecule has 6 nitrogen and oxygen atoms in total. The Morgan fingerprint density at radius 2 is 2.12 bits per heavy atom. The van der Waals surface area contributed by atoms with E-state index in [0.29, 0.717) is 31.0 Å². The Kier molecular flexibility index (Phi) is 7.45. The second-order valence-electron chi connectivity index (χ2n) is 6.40. The Bertz CT molecular complexity index is 665. The van der Waals surface area contributed by atoms with Crippen LogP contribution in [0.25, 0.3) is 0 Å². The Labute approximate surface area is 158 Å². The molecule has 2 unspecified atom stereocenters. The molecule has 1 aliphatic rings. The number of benzene rings is 1. The van der Waals surface area contributed by atoms with Gasteiger partial charge in [0.05, 0.1) is 12.5 Å². The summed E-state index contributed by atoms with van der Waals surface area (Å²) in [5.41, 5.74) is 0.886. The first kappa shape index (κ1) is 20.2. The van der Waals surface area contributed by atoms with Gasteiger partial charge in [-0.3, -0.25) is 14.4 Å². The first-order chi connectivity index (χ1) is 12.4. The van der Waals surface area contributed by atoms with Crippen molar-refractivity contribution in [3.63, 3.8) is 0 Å². The Morgan fingerprint density at radius 1 is 1.38 bits per heavy atom. The van der Waals surface area contributed by atoms with Crippen LogP contribution in [0.5, 0.6) is 0 Å². The molecule has 1 saturated heterocycles. The topological polar surface area (TPSA) is 75.7 Å². The minimum atomic E-state index is -0.820. The fraction of sp³-hybridized carbons (Fsp3) is 0.526. The zero-order chi connectivity index (χ0) is 19.1. The zero-order valence-corrected chi connectivity index (χ0v) is 15.9. The van der Waals surface area contributed by atoms with Crippen molar-refractivity contribution in [3.8, 4) is 0 Å². The first-order valence-electron chi connectivity index (χ1n) is 8.92. The van der Waals surface area contributed by atoms with Crippen molar-refractivity contribution in [1.29, 1.82) is 0 Å². The fourth-order valence-corrected chi connectivity index (χ4v) is 3.05. The molecule has 1 N–H and O–H groups in total. The van der Waals surface area contributed by atoms with Gasteiger partial charge in [-0.05, 0) is 31.4 Å². The number of carbonyl (C=O) groups is 3. The van der Waals surface area contributed by atoms with Crippen LogP contribution < -0.4 is 5.32 Å². The summed E-state index contributed by atoms with van der Waals surface area (Å²) in [6.45, 7) is 4.48. The molecule has 0 bridgehead atoms. The van der Waals surface area contributed by atoms with E-state index in [0.717, 1.165) is 5.56 Å². The Balaban J connectivity index is 1.99. The number of carbonyl (C=O) groups excluding carboxylic acids is 3. The number of aryl methyl sites for hydroxylation is 1.